The van der Waals surface area contributed by atoms with Crippen LogP contribution in [0.5, 0.6) is 0 Å². The molecule has 0 saturated carbocycles. The van der Waals surface area contributed by atoms with E-state index in [1.54, 1.807) is 7.11 Å². The molecule has 0 rings (SSSR count). The summed E-state index contributed by atoms with van der Waals surface area (Å²) in [7, 11) is -2.40. The first-order valence-electron chi connectivity index (χ1n) is 21.4. The normalized spacial score (nSPS) is 14.4. The molecule has 1 amide bonds. The number of phosphoric acid groups is 1. The van der Waals surface area contributed by atoms with Gasteiger partial charge in [-0.1, -0.05) is 116 Å². The molecule has 55 heavy (non-hydrogen) atoms. The average molecular weight is 805 g/mol. The number of ether oxygens (including phenoxy) is 4. The standard InChI is InChI=1S/C42H81N2O10P/c1-6-10-13-16-17-18-19-22-25-28-42(46)54-40(27-24-21-15-12-8-3)34-41(45)44-38(36-53-55(47,51-31-9-4)52-33-30-43)35-49-32-29-39(50-37-48-5)26-23-20-14-11-7-2/h9,18-19,38-40H,4,6-8,10-17,20-37,43H2,1-3,5H3,(H,44,45)/t38?,39-,40-,55?/m1/s1. The second kappa shape index (κ2) is 39.2. The lowest BCUT2D eigenvalue weighted by atomic mass is 10.1. The maximum atomic E-state index is 13.5. The minimum absolute atomic E-state index is 0.00700. The van der Waals surface area contributed by atoms with Gasteiger partial charge < -0.3 is 30.0 Å². The van der Waals surface area contributed by atoms with E-state index >= 15 is 0 Å². The van der Waals surface area contributed by atoms with Crippen LogP contribution < -0.4 is 11.1 Å². The molecule has 0 spiro atoms. The Labute approximate surface area is 335 Å². The van der Waals surface area contributed by atoms with Crippen molar-refractivity contribution in [3.05, 3.63) is 24.8 Å². The number of carbonyl (C=O) groups excluding carboxylic acids is 2. The molecule has 13 heteroatoms. The molecular formula is C42H81N2O10P. The van der Waals surface area contributed by atoms with E-state index in [1.807, 2.05) is 0 Å². The van der Waals surface area contributed by atoms with Gasteiger partial charge in [-0.25, -0.2) is 4.57 Å². The summed E-state index contributed by atoms with van der Waals surface area (Å²) < 4.78 is 52.6. The SMILES string of the molecule is C=CCOP(=O)(OCCN)OCC(COCC[C@@H](CCCCCCC)OCOC)NC(=O)C[C@@H](CCCCCCC)OC(=O)CCCC=CCCCCCC. The molecule has 0 aliphatic rings. The topological polar surface area (TPSA) is 154 Å². The van der Waals surface area contributed by atoms with E-state index in [1.165, 1.54) is 51.0 Å². The van der Waals surface area contributed by atoms with Crippen LogP contribution in [0, 0.1) is 0 Å². The Hall–Kier alpha value is -1.63. The predicted octanol–water partition coefficient (Wildman–Crippen LogP) is 9.89. The van der Waals surface area contributed by atoms with Gasteiger partial charge in [-0.3, -0.25) is 23.2 Å². The smallest absolute Gasteiger partial charge is 0.462 e. The molecule has 0 aromatic heterocycles. The summed E-state index contributed by atoms with van der Waals surface area (Å²) in [5, 5.41) is 2.96. The number of rotatable bonds is 42. The van der Waals surface area contributed by atoms with Gasteiger partial charge >= 0.3 is 13.8 Å². The Morgan fingerprint density at radius 3 is 1.98 bits per heavy atom. The van der Waals surface area contributed by atoms with Gasteiger partial charge in [0.25, 0.3) is 0 Å². The molecule has 0 heterocycles. The zero-order chi connectivity index (χ0) is 40.7. The molecule has 0 aliphatic carbocycles. The number of nitrogens with two attached hydrogens (primary N) is 1. The molecule has 0 radical (unpaired) electrons. The maximum absolute atomic E-state index is 13.5. The third-order valence-corrected chi connectivity index (χ3v) is 10.4. The molecular weight excluding hydrogens is 723 g/mol. The number of unbranched alkanes of at least 4 members (excludes halogenated alkanes) is 13. The minimum atomic E-state index is -4.00. The molecule has 0 aliphatic heterocycles. The molecule has 0 saturated heterocycles. The highest BCUT2D eigenvalue weighted by Crippen LogP contribution is 2.49. The summed E-state index contributed by atoms with van der Waals surface area (Å²) in [5.41, 5.74) is 5.57. The molecule has 0 aromatic rings. The van der Waals surface area contributed by atoms with E-state index in [-0.39, 0.29) is 64.2 Å². The van der Waals surface area contributed by atoms with Crippen LogP contribution in [0.15, 0.2) is 24.8 Å². The van der Waals surface area contributed by atoms with Crippen molar-refractivity contribution in [1.82, 2.24) is 5.32 Å². The third kappa shape index (κ3) is 34.2. The van der Waals surface area contributed by atoms with Crippen molar-refractivity contribution in [3.63, 3.8) is 0 Å². The van der Waals surface area contributed by atoms with Gasteiger partial charge in [0.15, 0.2) is 0 Å². The quantitative estimate of drug-likeness (QED) is 0.0199. The van der Waals surface area contributed by atoms with E-state index in [2.05, 4.69) is 44.8 Å². The lowest BCUT2D eigenvalue weighted by Crippen LogP contribution is -2.43. The van der Waals surface area contributed by atoms with Gasteiger partial charge in [-0.2, -0.15) is 0 Å². The van der Waals surface area contributed by atoms with Crippen molar-refractivity contribution in [1.29, 1.82) is 0 Å². The van der Waals surface area contributed by atoms with Crippen LogP contribution in [0.4, 0.5) is 0 Å². The van der Waals surface area contributed by atoms with Crippen LogP contribution in [0.3, 0.4) is 0 Å². The summed E-state index contributed by atoms with van der Waals surface area (Å²) in [6.07, 6.45) is 26.2. The first-order chi connectivity index (χ1) is 26.8. The Bertz CT molecular complexity index is 986. The minimum Gasteiger partial charge on any atom is -0.462 e. The number of carbonyl (C=O) groups is 2. The first-order valence-corrected chi connectivity index (χ1v) is 22.9. The second-order valence-corrected chi connectivity index (χ2v) is 15.9. The zero-order valence-corrected chi connectivity index (χ0v) is 36.2. The highest BCUT2D eigenvalue weighted by molar-refractivity contribution is 7.48. The molecule has 0 fully saturated rings. The zero-order valence-electron chi connectivity index (χ0n) is 35.3. The van der Waals surface area contributed by atoms with E-state index in [9.17, 15) is 14.2 Å². The van der Waals surface area contributed by atoms with Gasteiger partial charge in [-0.05, 0) is 51.4 Å². The molecule has 12 nitrogen and oxygen atoms in total. The van der Waals surface area contributed by atoms with Crippen LogP contribution in [0.25, 0.3) is 0 Å². The Morgan fingerprint density at radius 2 is 1.36 bits per heavy atom. The molecule has 0 aromatic carbocycles. The fourth-order valence-corrected chi connectivity index (χ4v) is 7.03. The molecule has 4 atom stereocenters. The largest absolute Gasteiger partial charge is 0.475 e. The first kappa shape index (κ1) is 53.4. The number of hydrogen-bond acceptors (Lipinski definition) is 11. The third-order valence-electron chi connectivity index (χ3n) is 8.95. The van der Waals surface area contributed by atoms with Crippen molar-refractivity contribution in [2.45, 2.75) is 180 Å². The lowest BCUT2D eigenvalue weighted by Gasteiger charge is -2.24. The number of esters is 1. The van der Waals surface area contributed by atoms with Gasteiger partial charge in [0, 0.05) is 26.7 Å². The number of allylic oxidation sites excluding steroid dienone is 2. The van der Waals surface area contributed by atoms with E-state index in [4.69, 9.17) is 38.3 Å². The summed E-state index contributed by atoms with van der Waals surface area (Å²) >= 11 is 0. The van der Waals surface area contributed by atoms with Gasteiger partial charge in [-0.15, -0.1) is 6.58 Å². The van der Waals surface area contributed by atoms with Crippen molar-refractivity contribution < 1.29 is 46.7 Å². The number of amides is 1. The van der Waals surface area contributed by atoms with Crippen molar-refractivity contribution >= 4 is 19.7 Å². The van der Waals surface area contributed by atoms with E-state index < -0.39 is 20.0 Å². The molecule has 324 valence electrons. The summed E-state index contributed by atoms with van der Waals surface area (Å²) in [5.74, 6) is -0.619. The van der Waals surface area contributed by atoms with E-state index in [0.717, 1.165) is 64.2 Å². The lowest BCUT2D eigenvalue weighted by molar-refractivity contribution is -0.151. The number of hydrogen-bond donors (Lipinski definition) is 2. The van der Waals surface area contributed by atoms with Crippen LogP contribution in [-0.2, 0) is 46.7 Å². The van der Waals surface area contributed by atoms with Crippen molar-refractivity contribution in [3.8, 4) is 0 Å². The van der Waals surface area contributed by atoms with Crippen molar-refractivity contribution in [2.24, 2.45) is 5.73 Å². The van der Waals surface area contributed by atoms with Gasteiger partial charge in [0.2, 0.25) is 5.91 Å². The van der Waals surface area contributed by atoms with Crippen LogP contribution >= 0.6 is 7.82 Å². The Kier molecular flexibility index (Phi) is 38.0. The fourth-order valence-electron chi connectivity index (χ4n) is 5.83. The second-order valence-electron chi connectivity index (χ2n) is 14.2. The van der Waals surface area contributed by atoms with Gasteiger partial charge in [0.05, 0.1) is 45.0 Å². The Balaban J connectivity index is 5.50. The van der Waals surface area contributed by atoms with Crippen LogP contribution in [0.1, 0.15) is 162 Å². The number of methoxy groups -OCH3 is 1. The average Bonchev–Trinajstić information content (AvgIpc) is 3.17. The van der Waals surface area contributed by atoms with Crippen LogP contribution in [-0.4, -0.2) is 83.6 Å². The summed E-state index contributed by atoms with van der Waals surface area (Å²) in [6, 6.07) is -0.698. The highest BCUT2D eigenvalue weighted by Gasteiger charge is 2.29. The summed E-state index contributed by atoms with van der Waals surface area (Å²) in [6.45, 7) is 10.6. The highest BCUT2D eigenvalue weighted by atomic mass is 31.2. The molecule has 3 N–H and O–H groups in total. The van der Waals surface area contributed by atoms with Crippen LogP contribution in [0.2, 0.25) is 0 Å². The number of phosphoric ester groups is 1. The van der Waals surface area contributed by atoms with Gasteiger partial charge in [0.1, 0.15) is 12.9 Å². The maximum Gasteiger partial charge on any atom is 0.475 e. The van der Waals surface area contributed by atoms with Crippen molar-refractivity contribution in [2.75, 3.05) is 53.5 Å². The number of nitrogens with one attached hydrogen (secondary N) is 1. The fraction of sp³-hybridized carbons (Fsp3) is 0.857. The molecule has 0 bridgehead atoms. The molecule has 2 unspecified atom stereocenters. The predicted molar refractivity (Wildman–Crippen MR) is 222 cm³/mol. The summed E-state index contributed by atoms with van der Waals surface area (Å²) in [4.78, 5) is 26.4. The monoisotopic (exact) mass is 805 g/mol. The van der Waals surface area contributed by atoms with E-state index in [0.29, 0.717) is 32.3 Å². The Morgan fingerprint density at radius 1 is 0.745 bits per heavy atom.